The molecule has 14 heteroatoms. The van der Waals surface area contributed by atoms with E-state index in [1.807, 2.05) is 62.2 Å². The molecule has 5 aromatic rings. The molecule has 0 spiro atoms. The van der Waals surface area contributed by atoms with Crippen LogP contribution in [0.5, 0.6) is 0 Å². The number of nitrogens with one attached hydrogen (secondary N) is 3. The maximum Gasteiger partial charge on any atom is 0.407 e. The molecule has 0 saturated carbocycles. The van der Waals surface area contributed by atoms with Gasteiger partial charge in [0.2, 0.25) is 5.91 Å². The predicted molar refractivity (Wildman–Crippen MR) is 230 cm³/mol. The first-order valence-corrected chi connectivity index (χ1v) is 21.2. The SMILES string of the molecule is COC(=O)N[C@@H](C(=O)N1CCC[C@H]1c1ncc(-c2ccc(-c3ccc(-c4cnc([C@@H]5CCCN5C(=O)C5CCN(C(=O)O)C(C(C)(C)C)C5)[nH]4)cc3)cc2)[nH]1)c1ccccc1. The van der Waals surface area contributed by atoms with E-state index in [2.05, 4.69) is 63.8 Å². The summed E-state index contributed by atoms with van der Waals surface area (Å²) in [5.74, 6) is 1.14. The van der Waals surface area contributed by atoms with Gasteiger partial charge in [0, 0.05) is 31.6 Å². The number of carbonyl (C=O) groups is 4. The predicted octanol–water partition coefficient (Wildman–Crippen LogP) is 8.36. The van der Waals surface area contributed by atoms with E-state index in [1.54, 1.807) is 11.1 Å². The maximum absolute atomic E-state index is 14.0. The Balaban J connectivity index is 0.910. The number of piperidine rings is 1. The smallest absolute Gasteiger partial charge is 0.407 e. The van der Waals surface area contributed by atoms with Crippen molar-refractivity contribution in [3.8, 4) is 33.6 Å². The number of hydrogen-bond acceptors (Lipinski definition) is 7. The van der Waals surface area contributed by atoms with Crippen molar-refractivity contribution in [3.63, 3.8) is 0 Å². The summed E-state index contributed by atoms with van der Waals surface area (Å²) in [6.07, 6.45) is 6.39. The molecule has 3 aliphatic rings. The molecule has 3 aliphatic heterocycles. The molecule has 2 aromatic heterocycles. The van der Waals surface area contributed by atoms with Crippen molar-refractivity contribution in [2.45, 2.75) is 83.5 Å². The normalized spacial score (nSPS) is 21.0. The van der Waals surface area contributed by atoms with Gasteiger partial charge in [-0.2, -0.15) is 0 Å². The number of hydrogen-bond donors (Lipinski definition) is 4. The lowest BCUT2D eigenvalue weighted by Gasteiger charge is -2.45. The monoisotopic (exact) mass is 826 g/mol. The van der Waals surface area contributed by atoms with Crippen molar-refractivity contribution in [2.24, 2.45) is 11.3 Å². The number of likely N-dealkylation sites (tertiary alicyclic amines) is 3. The summed E-state index contributed by atoms with van der Waals surface area (Å²) >= 11 is 0. The largest absolute Gasteiger partial charge is 0.465 e. The number of imidazole rings is 2. The van der Waals surface area contributed by atoms with Crippen molar-refractivity contribution in [1.82, 2.24) is 40.0 Å². The molecule has 14 nitrogen and oxygen atoms in total. The zero-order chi connectivity index (χ0) is 42.8. The first-order chi connectivity index (χ1) is 29.4. The fraction of sp³-hybridized carbons (Fsp3) is 0.404. The Morgan fingerprint density at radius 3 is 1.77 bits per heavy atom. The minimum absolute atomic E-state index is 0.0964. The molecule has 3 saturated heterocycles. The molecule has 3 aromatic carbocycles. The highest BCUT2D eigenvalue weighted by atomic mass is 16.5. The summed E-state index contributed by atoms with van der Waals surface area (Å²) < 4.78 is 4.83. The van der Waals surface area contributed by atoms with Crippen LogP contribution in [0.3, 0.4) is 0 Å². The Bertz CT molecular complexity index is 2350. The summed E-state index contributed by atoms with van der Waals surface area (Å²) in [7, 11) is 1.28. The van der Waals surface area contributed by atoms with E-state index in [4.69, 9.17) is 14.7 Å². The van der Waals surface area contributed by atoms with Gasteiger partial charge < -0.3 is 39.8 Å². The number of amides is 4. The Labute approximate surface area is 355 Å². The third kappa shape index (κ3) is 8.61. The van der Waals surface area contributed by atoms with E-state index >= 15 is 0 Å². The van der Waals surface area contributed by atoms with Crippen LogP contribution in [0, 0.1) is 11.3 Å². The Hall–Kier alpha value is -6.44. The van der Waals surface area contributed by atoms with E-state index in [9.17, 15) is 24.3 Å². The van der Waals surface area contributed by atoms with Crippen LogP contribution in [0.1, 0.15) is 94.6 Å². The zero-order valence-corrected chi connectivity index (χ0v) is 35.1. The van der Waals surface area contributed by atoms with E-state index in [0.717, 1.165) is 65.1 Å². The van der Waals surface area contributed by atoms with Gasteiger partial charge in [0.25, 0.3) is 5.91 Å². The maximum atomic E-state index is 14.0. The number of aromatic nitrogens is 4. The van der Waals surface area contributed by atoms with E-state index in [1.165, 1.54) is 12.0 Å². The second-order valence-corrected chi connectivity index (χ2v) is 17.5. The van der Waals surface area contributed by atoms with Crippen LogP contribution in [0.25, 0.3) is 33.6 Å². The topological polar surface area (TPSA) is 177 Å². The lowest BCUT2D eigenvalue weighted by atomic mass is 9.76. The standard InChI is InChI=1S/C47H54N8O6/c1-47(2,3)39-26-34(22-25-55(39)46(59)60)43(56)53-23-8-12-37(53)41-48-27-35(50-41)31-18-14-29(15-19-31)30-16-20-32(21-17-30)36-28-49-42(51-36)38-13-9-24-54(38)44(57)40(52-45(58)61-4)33-10-6-5-7-11-33/h5-7,10-11,14-21,27-28,34,37-40H,8-9,12-13,22-26H2,1-4H3,(H,48,50)(H,49,51)(H,52,58)(H,59,60)/t34?,37-,38-,39?,40+/m0/s1. The fourth-order valence-electron chi connectivity index (χ4n) is 9.37. The van der Waals surface area contributed by atoms with Gasteiger partial charge in [-0.3, -0.25) is 9.59 Å². The Morgan fingerprint density at radius 1 is 0.721 bits per heavy atom. The van der Waals surface area contributed by atoms with Crippen molar-refractivity contribution < 1.29 is 29.0 Å². The highest BCUT2D eigenvalue weighted by Crippen LogP contribution is 2.39. The summed E-state index contributed by atoms with van der Waals surface area (Å²) in [4.78, 5) is 73.7. The highest BCUT2D eigenvalue weighted by molar-refractivity contribution is 5.87. The van der Waals surface area contributed by atoms with Crippen LogP contribution in [-0.2, 0) is 14.3 Å². The van der Waals surface area contributed by atoms with Crippen molar-refractivity contribution in [3.05, 3.63) is 108 Å². The second kappa shape index (κ2) is 17.3. The second-order valence-electron chi connectivity index (χ2n) is 17.5. The number of rotatable bonds is 9. The third-order valence-electron chi connectivity index (χ3n) is 12.6. The van der Waals surface area contributed by atoms with Gasteiger partial charge in [0.1, 0.15) is 17.7 Å². The van der Waals surface area contributed by atoms with Gasteiger partial charge in [-0.1, -0.05) is 99.6 Å². The lowest BCUT2D eigenvalue weighted by Crippen LogP contribution is -2.54. The molecule has 5 heterocycles. The number of nitrogens with zero attached hydrogens (tertiary/aromatic N) is 5. The molecule has 318 valence electrons. The molecule has 4 amide bonds. The minimum atomic E-state index is -0.921. The van der Waals surface area contributed by atoms with Crippen LogP contribution in [-0.4, -0.2) is 96.5 Å². The van der Waals surface area contributed by atoms with E-state index < -0.39 is 18.2 Å². The van der Waals surface area contributed by atoms with Crippen LogP contribution < -0.4 is 5.32 Å². The first kappa shape index (κ1) is 41.3. The number of H-pyrrole nitrogens is 2. The Morgan fingerprint density at radius 2 is 1.25 bits per heavy atom. The zero-order valence-electron chi connectivity index (χ0n) is 35.1. The molecule has 2 unspecified atom stereocenters. The molecule has 8 rings (SSSR count). The Kier molecular flexibility index (Phi) is 11.7. The van der Waals surface area contributed by atoms with Gasteiger partial charge in [-0.25, -0.2) is 19.6 Å². The molecule has 5 atom stereocenters. The highest BCUT2D eigenvalue weighted by Gasteiger charge is 2.44. The molecule has 0 aliphatic carbocycles. The van der Waals surface area contributed by atoms with Gasteiger partial charge in [-0.05, 0) is 71.8 Å². The average Bonchev–Trinajstić information content (AvgIpc) is 4.12. The van der Waals surface area contributed by atoms with Gasteiger partial charge in [0.05, 0.1) is 43.0 Å². The lowest BCUT2D eigenvalue weighted by molar-refractivity contribution is -0.139. The molecule has 61 heavy (non-hydrogen) atoms. The number of aromatic amines is 2. The number of carboxylic acid groups (broad SMARTS) is 1. The summed E-state index contributed by atoms with van der Waals surface area (Å²) in [5, 5.41) is 12.5. The van der Waals surface area contributed by atoms with Crippen molar-refractivity contribution in [2.75, 3.05) is 26.7 Å². The van der Waals surface area contributed by atoms with Crippen LogP contribution in [0.2, 0.25) is 0 Å². The number of benzene rings is 3. The summed E-state index contributed by atoms with van der Waals surface area (Å²) in [6.45, 7) is 7.71. The van der Waals surface area contributed by atoms with E-state index in [-0.39, 0.29) is 41.3 Å². The minimum Gasteiger partial charge on any atom is -0.465 e. The van der Waals surface area contributed by atoms with Gasteiger partial charge in [0.15, 0.2) is 0 Å². The number of alkyl carbamates (subject to hydrolysis) is 1. The number of ether oxygens (including phenoxy) is 1. The van der Waals surface area contributed by atoms with Crippen molar-refractivity contribution in [1.29, 1.82) is 0 Å². The fourth-order valence-corrected chi connectivity index (χ4v) is 9.37. The number of methoxy groups -OCH3 is 1. The molecule has 4 N–H and O–H groups in total. The first-order valence-electron chi connectivity index (χ1n) is 21.2. The van der Waals surface area contributed by atoms with E-state index in [0.29, 0.717) is 43.9 Å². The van der Waals surface area contributed by atoms with Crippen LogP contribution in [0.15, 0.2) is 91.3 Å². The van der Waals surface area contributed by atoms with Gasteiger partial charge in [-0.15, -0.1) is 0 Å². The van der Waals surface area contributed by atoms with Crippen LogP contribution >= 0.6 is 0 Å². The summed E-state index contributed by atoms with van der Waals surface area (Å²) in [5.41, 5.74) is 6.21. The average molecular weight is 827 g/mol. The van der Waals surface area contributed by atoms with Gasteiger partial charge >= 0.3 is 12.2 Å². The third-order valence-corrected chi connectivity index (χ3v) is 12.6. The molecule has 3 fully saturated rings. The molecular formula is C47H54N8O6. The molecular weight excluding hydrogens is 773 g/mol. The molecule has 0 bridgehead atoms. The van der Waals surface area contributed by atoms with Crippen LogP contribution in [0.4, 0.5) is 9.59 Å². The number of carbonyl (C=O) groups excluding carboxylic acids is 3. The summed E-state index contributed by atoms with van der Waals surface area (Å²) in [6, 6.07) is 24.2. The van der Waals surface area contributed by atoms with Crippen molar-refractivity contribution >= 4 is 24.0 Å². The quantitative estimate of drug-likeness (QED) is 0.115. The molecule has 0 radical (unpaired) electrons.